The monoisotopic (exact) mass is 216 g/mol. The van der Waals surface area contributed by atoms with E-state index in [4.69, 9.17) is 10.8 Å². The summed E-state index contributed by atoms with van der Waals surface area (Å²) in [5.41, 5.74) is 8.95. The number of aromatic carboxylic acids is 1. The number of carbonyl (C=O) groups is 1. The second kappa shape index (κ2) is 3.48. The average molecular weight is 216 g/mol. The van der Waals surface area contributed by atoms with Crippen LogP contribution in [0.3, 0.4) is 0 Å². The fraction of sp³-hybridized carbons (Fsp3) is 0.167. The Labute approximate surface area is 92.7 Å². The minimum atomic E-state index is -1.06. The number of nitrogens with two attached hydrogens (primary N) is 1. The van der Waals surface area contributed by atoms with Crippen LogP contribution in [-0.4, -0.2) is 16.1 Å². The summed E-state index contributed by atoms with van der Waals surface area (Å²) in [6, 6.07) is 5.21. The van der Waals surface area contributed by atoms with Gasteiger partial charge in [-0.1, -0.05) is 12.1 Å². The van der Waals surface area contributed by atoms with Crippen LogP contribution < -0.4 is 5.73 Å². The number of anilines is 1. The van der Waals surface area contributed by atoms with Gasteiger partial charge in [0.15, 0.2) is 5.69 Å². The number of nitrogen functional groups attached to an aromatic ring is 1. The number of carboxylic acid groups (broad SMARTS) is 1. The summed E-state index contributed by atoms with van der Waals surface area (Å²) in [6.07, 6.45) is 0. The van der Waals surface area contributed by atoms with Gasteiger partial charge in [-0.05, 0) is 31.0 Å². The number of nitrogens with zero attached hydrogens (tertiary/aromatic N) is 1. The van der Waals surface area contributed by atoms with Gasteiger partial charge in [0.1, 0.15) is 0 Å². The summed E-state index contributed by atoms with van der Waals surface area (Å²) in [4.78, 5) is 15.0. The van der Waals surface area contributed by atoms with Crippen molar-refractivity contribution >= 4 is 22.6 Å². The number of aromatic nitrogens is 1. The van der Waals surface area contributed by atoms with Crippen molar-refractivity contribution < 1.29 is 9.90 Å². The molecule has 0 radical (unpaired) electrons. The Morgan fingerprint density at radius 1 is 1.38 bits per heavy atom. The van der Waals surface area contributed by atoms with E-state index in [1.807, 2.05) is 26.0 Å². The Hall–Kier alpha value is -2.10. The number of fused-ring (bicyclic) bond motifs is 1. The molecule has 0 bridgehead atoms. The molecule has 3 N–H and O–H groups in total. The van der Waals surface area contributed by atoms with Crippen molar-refractivity contribution in [1.29, 1.82) is 0 Å². The van der Waals surface area contributed by atoms with Crippen molar-refractivity contribution in [3.8, 4) is 0 Å². The van der Waals surface area contributed by atoms with E-state index in [9.17, 15) is 4.79 Å². The molecule has 4 heteroatoms. The molecule has 0 atom stereocenters. The summed E-state index contributed by atoms with van der Waals surface area (Å²) < 4.78 is 0. The Bertz CT molecular complexity index is 591. The first-order chi connectivity index (χ1) is 7.50. The van der Waals surface area contributed by atoms with E-state index in [-0.39, 0.29) is 5.69 Å². The van der Waals surface area contributed by atoms with Gasteiger partial charge >= 0.3 is 5.97 Å². The van der Waals surface area contributed by atoms with Crippen molar-refractivity contribution in [2.24, 2.45) is 0 Å². The molecule has 0 unspecified atom stereocenters. The smallest absolute Gasteiger partial charge is 0.354 e. The van der Waals surface area contributed by atoms with Crippen molar-refractivity contribution in [3.05, 3.63) is 35.0 Å². The third kappa shape index (κ3) is 1.48. The van der Waals surface area contributed by atoms with Gasteiger partial charge < -0.3 is 10.8 Å². The van der Waals surface area contributed by atoms with E-state index in [1.54, 1.807) is 0 Å². The predicted octanol–water partition coefficient (Wildman–Crippen LogP) is 2.13. The van der Waals surface area contributed by atoms with Gasteiger partial charge in [0.05, 0.1) is 5.52 Å². The van der Waals surface area contributed by atoms with Gasteiger partial charge in [-0.3, -0.25) is 0 Å². The first-order valence-corrected chi connectivity index (χ1v) is 4.90. The van der Waals surface area contributed by atoms with Crippen LogP contribution in [0.5, 0.6) is 0 Å². The second-order valence-corrected chi connectivity index (χ2v) is 3.81. The Balaban J connectivity index is 2.88. The number of benzene rings is 1. The Kier molecular flexibility index (Phi) is 2.27. The molecular weight excluding hydrogens is 204 g/mol. The van der Waals surface area contributed by atoms with E-state index in [0.717, 1.165) is 16.5 Å². The maximum Gasteiger partial charge on any atom is 0.354 e. The van der Waals surface area contributed by atoms with Gasteiger partial charge in [0.2, 0.25) is 0 Å². The largest absolute Gasteiger partial charge is 0.477 e. The fourth-order valence-electron chi connectivity index (χ4n) is 1.67. The van der Waals surface area contributed by atoms with Crippen LogP contribution in [0, 0.1) is 13.8 Å². The molecule has 2 rings (SSSR count). The van der Waals surface area contributed by atoms with E-state index >= 15 is 0 Å². The van der Waals surface area contributed by atoms with Gasteiger partial charge in [-0.2, -0.15) is 0 Å². The summed E-state index contributed by atoms with van der Waals surface area (Å²) in [6.45, 7) is 3.87. The molecule has 0 aliphatic rings. The van der Waals surface area contributed by atoms with E-state index < -0.39 is 5.97 Å². The number of carboxylic acids is 1. The highest BCUT2D eigenvalue weighted by atomic mass is 16.4. The van der Waals surface area contributed by atoms with Gasteiger partial charge in [0.25, 0.3) is 0 Å². The topological polar surface area (TPSA) is 76.2 Å². The SMILES string of the molecule is Cc1ccc2c(N)cc(C(=O)O)nc2c1C. The highest BCUT2D eigenvalue weighted by Gasteiger charge is 2.11. The minimum absolute atomic E-state index is 0.0151. The van der Waals surface area contributed by atoms with Gasteiger partial charge in [-0.15, -0.1) is 0 Å². The zero-order chi connectivity index (χ0) is 11.9. The van der Waals surface area contributed by atoms with Crippen LogP contribution in [0.15, 0.2) is 18.2 Å². The van der Waals surface area contributed by atoms with Crippen LogP contribution in [-0.2, 0) is 0 Å². The number of pyridine rings is 1. The van der Waals surface area contributed by atoms with Crippen molar-refractivity contribution in [2.45, 2.75) is 13.8 Å². The number of hydrogen-bond donors (Lipinski definition) is 2. The quantitative estimate of drug-likeness (QED) is 0.765. The predicted molar refractivity (Wildman–Crippen MR) is 62.6 cm³/mol. The normalized spacial score (nSPS) is 10.6. The molecule has 0 aliphatic carbocycles. The van der Waals surface area contributed by atoms with E-state index in [2.05, 4.69) is 4.98 Å². The first kappa shape index (κ1) is 10.4. The molecule has 2 aromatic rings. The summed E-state index contributed by atoms with van der Waals surface area (Å²) >= 11 is 0. The molecule has 1 aromatic carbocycles. The molecule has 82 valence electrons. The third-order valence-electron chi connectivity index (χ3n) is 2.76. The lowest BCUT2D eigenvalue weighted by molar-refractivity contribution is 0.0691. The maximum absolute atomic E-state index is 10.9. The third-order valence-corrected chi connectivity index (χ3v) is 2.76. The molecule has 0 spiro atoms. The van der Waals surface area contributed by atoms with Crippen LogP contribution >= 0.6 is 0 Å². The Morgan fingerprint density at radius 2 is 2.06 bits per heavy atom. The molecule has 1 aromatic heterocycles. The van der Waals surface area contributed by atoms with Crippen molar-refractivity contribution in [2.75, 3.05) is 5.73 Å². The van der Waals surface area contributed by atoms with Gasteiger partial charge in [0, 0.05) is 11.1 Å². The lowest BCUT2D eigenvalue weighted by Crippen LogP contribution is -2.03. The van der Waals surface area contributed by atoms with Crippen LogP contribution in [0.4, 0.5) is 5.69 Å². The standard InChI is InChI=1S/C12H12N2O2/c1-6-3-4-8-9(13)5-10(12(15)16)14-11(8)7(6)2/h3-5H,1-2H3,(H2,13,14)(H,15,16). The summed E-state index contributed by atoms with van der Waals surface area (Å²) in [5, 5.41) is 9.71. The number of aryl methyl sites for hydroxylation is 2. The fourth-order valence-corrected chi connectivity index (χ4v) is 1.67. The molecule has 16 heavy (non-hydrogen) atoms. The molecule has 0 amide bonds. The molecule has 0 saturated carbocycles. The summed E-state index contributed by atoms with van der Waals surface area (Å²) in [7, 11) is 0. The number of rotatable bonds is 1. The minimum Gasteiger partial charge on any atom is -0.477 e. The zero-order valence-electron chi connectivity index (χ0n) is 9.11. The molecule has 1 heterocycles. The summed E-state index contributed by atoms with van der Waals surface area (Å²) in [5.74, 6) is -1.06. The number of hydrogen-bond acceptors (Lipinski definition) is 3. The first-order valence-electron chi connectivity index (χ1n) is 4.90. The van der Waals surface area contributed by atoms with E-state index in [1.165, 1.54) is 6.07 Å². The average Bonchev–Trinajstić information content (AvgIpc) is 2.23. The molecule has 0 aliphatic heterocycles. The zero-order valence-corrected chi connectivity index (χ0v) is 9.11. The molecule has 4 nitrogen and oxygen atoms in total. The molecular formula is C12H12N2O2. The van der Waals surface area contributed by atoms with Crippen LogP contribution in [0.1, 0.15) is 21.6 Å². The van der Waals surface area contributed by atoms with Crippen molar-refractivity contribution in [3.63, 3.8) is 0 Å². The second-order valence-electron chi connectivity index (χ2n) is 3.81. The highest BCUT2D eigenvalue weighted by molar-refractivity contribution is 5.97. The van der Waals surface area contributed by atoms with Crippen molar-refractivity contribution in [1.82, 2.24) is 4.98 Å². The highest BCUT2D eigenvalue weighted by Crippen LogP contribution is 2.25. The molecule has 0 saturated heterocycles. The molecule has 0 fully saturated rings. The maximum atomic E-state index is 10.9. The van der Waals surface area contributed by atoms with E-state index in [0.29, 0.717) is 11.2 Å². The lowest BCUT2D eigenvalue weighted by atomic mass is 10.0. The Morgan fingerprint density at radius 3 is 2.69 bits per heavy atom. The lowest BCUT2D eigenvalue weighted by Gasteiger charge is -2.08. The van der Waals surface area contributed by atoms with Gasteiger partial charge in [-0.25, -0.2) is 9.78 Å². The van der Waals surface area contributed by atoms with Crippen LogP contribution in [0.2, 0.25) is 0 Å². The van der Waals surface area contributed by atoms with Crippen LogP contribution in [0.25, 0.3) is 10.9 Å².